The standard InChI is InChI=1S/C18H39N.C6H6O3S/c1-2-3-4-5-6-7-8-9-10-11-12-13-14-15-16-17-18-19;7-10(8,9)6-4-2-1-3-5-6/h2-19H2,1H3;1-5H,(H,7,8,9). The van der Waals surface area contributed by atoms with Crippen LogP contribution in [0.5, 0.6) is 0 Å². The molecule has 0 aliphatic heterocycles. The smallest absolute Gasteiger partial charge is 0.124 e. The molecule has 0 atom stereocenters. The molecule has 5 heteroatoms. The highest BCUT2D eigenvalue weighted by atomic mass is 32.2. The predicted molar refractivity (Wildman–Crippen MR) is 122 cm³/mol. The molecule has 29 heavy (non-hydrogen) atoms. The van der Waals surface area contributed by atoms with Crippen LogP contribution in [0.3, 0.4) is 0 Å². The summed E-state index contributed by atoms with van der Waals surface area (Å²) in [5, 5.41) is 0. The van der Waals surface area contributed by atoms with Crippen LogP contribution in [-0.2, 0) is 10.1 Å². The first-order valence-corrected chi connectivity index (χ1v) is 13.2. The number of rotatable bonds is 17. The van der Waals surface area contributed by atoms with Gasteiger partial charge in [0.25, 0.3) is 0 Å². The molecule has 0 aromatic heterocycles. The first kappa shape index (κ1) is 28.1. The first-order chi connectivity index (χ1) is 14.0. The highest BCUT2D eigenvalue weighted by Gasteiger charge is 1.96. The molecule has 0 radical (unpaired) electrons. The average molecular weight is 428 g/mol. The van der Waals surface area contributed by atoms with Crippen LogP contribution in [0.15, 0.2) is 35.2 Å². The van der Waals surface area contributed by atoms with Gasteiger partial charge in [-0.1, -0.05) is 115 Å². The number of hydrogen-bond donors (Lipinski definition) is 1. The van der Waals surface area contributed by atoms with Gasteiger partial charge in [-0.3, -0.25) is 0 Å². The molecule has 3 N–H and O–H groups in total. The first-order valence-electron chi connectivity index (χ1n) is 11.8. The Labute approximate surface area is 180 Å². The van der Waals surface area contributed by atoms with E-state index in [2.05, 4.69) is 12.7 Å². The largest absolute Gasteiger partial charge is 0.744 e. The lowest BCUT2D eigenvalue weighted by Crippen LogP contribution is -2.50. The van der Waals surface area contributed by atoms with E-state index in [0.717, 1.165) is 6.54 Å². The topological polar surface area (TPSA) is 84.8 Å². The summed E-state index contributed by atoms with van der Waals surface area (Å²) in [5.74, 6) is 0. The SMILES string of the molecule is CCCCCCCCCCCCCCCCCC[NH3+].O=S(=O)([O-])c1ccccc1. The van der Waals surface area contributed by atoms with Gasteiger partial charge in [0, 0.05) is 0 Å². The molecule has 0 saturated carbocycles. The van der Waals surface area contributed by atoms with E-state index >= 15 is 0 Å². The quantitative estimate of drug-likeness (QED) is 0.241. The molecule has 0 spiro atoms. The predicted octanol–water partition coefficient (Wildman–Crippen LogP) is 6.08. The second kappa shape index (κ2) is 20.4. The molecular weight excluding hydrogens is 382 g/mol. The van der Waals surface area contributed by atoms with E-state index in [1.165, 1.54) is 127 Å². The Morgan fingerprint density at radius 1 is 0.655 bits per heavy atom. The van der Waals surface area contributed by atoms with Crippen molar-refractivity contribution in [3.8, 4) is 0 Å². The van der Waals surface area contributed by atoms with Gasteiger partial charge in [0.05, 0.1) is 11.4 Å². The molecule has 0 unspecified atom stereocenters. The van der Waals surface area contributed by atoms with Crippen LogP contribution >= 0.6 is 0 Å². The Kier molecular flexibility index (Phi) is 19.7. The van der Waals surface area contributed by atoms with Crippen molar-refractivity contribution in [3.63, 3.8) is 0 Å². The van der Waals surface area contributed by atoms with Gasteiger partial charge in [-0.15, -0.1) is 0 Å². The summed E-state index contributed by atoms with van der Waals surface area (Å²) in [7, 11) is -4.25. The van der Waals surface area contributed by atoms with Gasteiger partial charge in [-0.2, -0.15) is 0 Å². The molecule has 1 aromatic carbocycles. The van der Waals surface area contributed by atoms with Gasteiger partial charge in [-0.05, 0) is 25.0 Å². The lowest BCUT2D eigenvalue weighted by Gasteiger charge is -2.04. The van der Waals surface area contributed by atoms with E-state index in [-0.39, 0.29) is 4.90 Å². The van der Waals surface area contributed by atoms with Crippen LogP contribution in [-0.4, -0.2) is 19.5 Å². The Morgan fingerprint density at radius 2 is 1.00 bits per heavy atom. The minimum Gasteiger partial charge on any atom is -0.744 e. The summed E-state index contributed by atoms with van der Waals surface area (Å²) < 4.78 is 30.8. The van der Waals surface area contributed by atoms with Crippen molar-refractivity contribution in [1.82, 2.24) is 0 Å². The number of hydrogen-bond acceptors (Lipinski definition) is 3. The van der Waals surface area contributed by atoms with Crippen molar-refractivity contribution in [1.29, 1.82) is 0 Å². The van der Waals surface area contributed by atoms with Crippen molar-refractivity contribution >= 4 is 10.1 Å². The Bertz CT molecular complexity index is 531. The maximum atomic E-state index is 10.3. The molecule has 1 rings (SSSR count). The van der Waals surface area contributed by atoms with E-state index in [0.29, 0.717) is 0 Å². The van der Waals surface area contributed by atoms with Crippen LogP contribution in [0, 0.1) is 0 Å². The zero-order valence-electron chi connectivity index (χ0n) is 18.7. The van der Waals surface area contributed by atoms with E-state index in [4.69, 9.17) is 0 Å². The molecule has 0 amide bonds. The molecule has 4 nitrogen and oxygen atoms in total. The summed E-state index contributed by atoms with van der Waals surface area (Å²) in [6, 6.07) is 7.19. The Morgan fingerprint density at radius 3 is 1.28 bits per heavy atom. The van der Waals surface area contributed by atoms with Crippen molar-refractivity contribution in [2.24, 2.45) is 0 Å². The van der Waals surface area contributed by atoms with Crippen LogP contribution in [0.25, 0.3) is 0 Å². The highest BCUT2D eigenvalue weighted by molar-refractivity contribution is 7.85. The van der Waals surface area contributed by atoms with E-state index in [9.17, 15) is 13.0 Å². The summed E-state index contributed by atoms with van der Waals surface area (Å²) in [4.78, 5) is -0.185. The zero-order valence-corrected chi connectivity index (χ0v) is 19.6. The molecule has 0 saturated heterocycles. The van der Waals surface area contributed by atoms with Crippen molar-refractivity contribution < 1.29 is 18.7 Å². The van der Waals surface area contributed by atoms with Gasteiger partial charge >= 0.3 is 0 Å². The van der Waals surface area contributed by atoms with Gasteiger partial charge < -0.3 is 10.3 Å². The molecule has 0 fully saturated rings. The fourth-order valence-corrected chi connectivity index (χ4v) is 3.80. The van der Waals surface area contributed by atoms with Crippen LogP contribution < -0.4 is 5.73 Å². The number of unbranched alkanes of at least 4 members (excludes halogenated alkanes) is 15. The monoisotopic (exact) mass is 427 g/mol. The second-order valence-corrected chi connectivity index (χ2v) is 9.30. The summed E-state index contributed by atoms with van der Waals surface area (Å²) in [6.45, 7) is 3.42. The molecule has 0 aliphatic rings. The minimum atomic E-state index is -4.25. The summed E-state index contributed by atoms with van der Waals surface area (Å²) in [5.41, 5.74) is 3.89. The van der Waals surface area contributed by atoms with Crippen LogP contribution in [0.1, 0.15) is 110 Å². The summed E-state index contributed by atoms with van der Waals surface area (Å²) in [6.07, 6.45) is 23.2. The molecular formula is C24H45NO3S. The van der Waals surface area contributed by atoms with Crippen molar-refractivity contribution in [2.75, 3.05) is 6.54 Å². The van der Waals surface area contributed by atoms with Crippen molar-refractivity contribution in [2.45, 2.75) is 115 Å². The molecule has 170 valence electrons. The van der Waals surface area contributed by atoms with E-state index in [1.54, 1.807) is 6.07 Å². The molecule has 0 bridgehead atoms. The fraction of sp³-hybridized carbons (Fsp3) is 0.750. The molecule has 0 heterocycles. The van der Waals surface area contributed by atoms with Gasteiger partial charge in [-0.25, -0.2) is 8.42 Å². The fourth-order valence-electron chi connectivity index (χ4n) is 3.31. The van der Waals surface area contributed by atoms with Gasteiger partial charge in [0.1, 0.15) is 10.1 Å². The van der Waals surface area contributed by atoms with Crippen LogP contribution in [0.2, 0.25) is 0 Å². The Hall–Kier alpha value is -0.910. The van der Waals surface area contributed by atoms with Gasteiger partial charge in [0.2, 0.25) is 0 Å². The third-order valence-corrected chi connectivity index (χ3v) is 5.98. The normalized spacial score (nSPS) is 11.1. The maximum absolute atomic E-state index is 10.3. The molecule has 0 aliphatic carbocycles. The lowest BCUT2D eigenvalue weighted by molar-refractivity contribution is -0.368. The average Bonchev–Trinajstić information content (AvgIpc) is 2.71. The zero-order chi connectivity index (χ0) is 21.6. The number of benzene rings is 1. The maximum Gasteiger partial charge on any atom is 0.124 e. The second-order valence-electron chi connectivity index (χ2n) is 7.92. The summed E-state index contributed by atoms with van der Waals surface area (Å²) >= 11 is 0. The van der Waals surface area contributed by atoms with E-state index in [1.807, 2.05) is 0 Å². The van der Waals surface area contributed by atoms with Crippen molar-refractivity contribution in [3.05, 3.63) is 30.3 Å². The van der Waals surface area contributed by atoms with Crippen LogP contribution in [0.4, 0.5) is 0 Å². The van der Waals surface area contributed by atoms with E-state index < -0.39 is 10.1 Å². The number of quaternary nitrogens is 1. The minimum absolute atomic E-state index is 0.185. The third kappa shape index (κ3) is 20.2. The lowest BCUT2D eigenvalue weighted by atomic mass is 10.0. The van der Waals surface area contributed by atoms with Gasteiger partial charge in [0.15, 0.2) is 0 Å². The molecule has 1 aromatic rings. The highest BCUT2D eigenvalue weighted by Crippen LogP contribution is 2.13. The Balaban J connectivity index is 0.000000651. The third-order valence-electron chi connectivity index (χ3n) is 5.14.